The van der Waals surface area contributed by atoms with Crippen molar-refractivity contribution in [3.05, 3.63) is 23.8 Å². The van der Waals surface area contributed by atoms with Crippen LogP contribution in [0.25, 0.3) is 0 Å². The van der Waals surface area contributed by atoms with E-state index in [0.717, 1.165) is 5.56 Å². The van der Waals surface area contributed by atoms with E-state index >= 15 is 0 Å². The van der Waals surface area contributed by atoms with Crippen LogP contribution in [0.3, 0.4) is 0 Å². The van der Waals surface area contributed by atoms with Crippen LogP contribution in [-0.4, -0.2) is 34.1 Å². The van der Waals surface area contributed by atoms with Crippen molar-refractivity contribution in [3.8, 4) is 11.5 Å². The lowest BCUT2D eigenvalue weighted by atomic mass is 10.2. The van der Waals surface area contributed by atoms with Gasteiger partial charge in [0.2, 0.25) is 0 Å². The lowest BCUT2D eigenvalue weighted by molar-refractivity contribution is 0.311. The van der Waals surface area contributed by atoms with E-state index in [0.29, 0.717) is 16.8 Å². The van der Waals surface area contributed by atoms with E-state index in [4.69, 9.17) is 9.47 Å². The lowest BCUT2D eigenvalue weighted by Crippen LogP contribution is -2.12. The van der Waals surface area contributed by atoms with E-state index < -0.39 is 9.84 Å². The van der Waals surface area contributed by atoms with Crippen LogP contribution in [0.1, 0.15) is 5.56 Å². The molecule has 96 valence electrons. The minimum absolute atomic E-state index is 0.00526. The van der Waals surface area contributed by atoms with Crippen molar-refractivity contribution < 1.29 is 17.9 Å². The number of benzene rings is 1. The van der Waals surface area contributed by atoms with E-state index in [9.17, 15) is 8.42 Å². The molecule has 0 aromatic heterocycles. The summed E-state index contributed by atoms with van der Waals surface area (Å²) in [4.78, 5) is 0. The van der Waals surface area contributed by atoms with Crippen LogP contribution in [0.2, 0.25) is 0 Å². The fraction of sp³-hybridized carbons (Fsp3) is 0.455. The Morgan fingerprint density at radius 1 is 1.29 bits per heavy atom. The monoisotopic (exact) mass is 322 g/mol. The Morgan fingerprint density at radius 3 is 2.53 bits per heavy atom. The largest absolute Gasteiger partial charge is 0.493 e. The van der Waals surface area contributed by atoms with Crippen molar-refractivity contribution in [2.75, 3.05) is 25.7 Å². The summed E-state index contributed by atoms with van der Waals surface area (Å²) < 4.78 is 32.5. The second-order valence-electron chi connectivity index (χ2n) is 3.60. The topological polar surface area (TPSA) is 52.6 Å². The van der Waals surface area contributed by atoms with Gasteiger partial charge in [-0.25, -0.2) is 8.42 Å². The third-order valence-electron chi connectivity index (χ3n) is 2.09. The summed E-state index contributed by atoms with van der Waals surface area (Å²) in [6, 6.07) is 5.54. The minimum Gasteiger partial charge on any atom is -0.493 e. The maximum absolute atomic E-state index is 11.0. The molecule has 0 amide bonds. The van der Waals surface area contributed by atoms with Crippen LogP contribution in [0, 0.1) is 0 Å². The Balaban J connectivity index is 2.74. The van der Waals surface area contributed by atoms with Gasteiger partial charge in [0, 0.05) is 11.6 Å². The quantitative estimate of drug-likeness (QED) is 0.752. The first kappa shape index (κ1) is 14.3. The summed E-state index contributed by atoms with van der Waals surface area (Å²) in [6.07, 6.45) is 1.18. The molecule has 4 nitrogen and oxygen atoms in total. The van der Waals surface area contributed by atoms with Gasteiger partial charge >= 0.3 is 0 Å². The fourth-order valence-electron chi connectivity index (χ4n) is 1.22. The predicted octanol–water partition coefficient (Wildman–Crippen LogP) is 2.01. The molecule has 0 N–H and O–H groups in total. The van der Waals surface area contributed by atoms with Crippen LogP contribution in [-0.2, 0) is 15.2 Å². The number of methoxy groups -OCH3 is 1. The molecule has 17 heavy (non-hydrogen) atoms. The van der Waals surface area contributed by atoms with Gasteiger partial charge in [-0.15, -0.1) is 0 Å². The number of halogens is 1. The Labute approximate surface area is 110 Å². The molecule has 0 unspecified atom stereocenters. The molecule has 0 atom stereocenters. The van der Waals surface area contributed by atoms with Crippen molar-refractivity contribution in [3.63, 3.8) is 0 Å². The highest BCUT2D eigenvalue weighted by Crippen LogP contribution is 2.28. The molecule has 1 rings (SSSR count). The Bertz CT molecular complexity index is 470. The standard InChI is InChI=1S/C11H15BrO4S/c1-15-10-4-3-9(8-12)7-11(10)16-5-6-17(2,13)14/h3-4,7H,5-6,8H2,1-2H3. The van der Waals surface area contributed by atoms with E-state index in [1.807, 2.05) is 12.1 Å². The molecule has 0 radical (unpaired) electrons. The molecule has 0 bridgehead atoms. The van der Waals surface area contributed by atoms with Crippen molar-refractivity contribution in [1.82, 2.24) is 0 Å². The lowest BCUT2D eigenvalue weighted by Gasteiger charge is -2.11. The number of rotatable bonds is 6. The predicted molar refractivity (Wildman–Crippen MR) is 70.8 cm³/mol. The SMILES string of the molecule is COc1ccc(CBr)cc1OCCS(C)(=O)=O. The summed E-state index contributed by atoms with van der Waals surface area (Å²) >= 11 is 3.35. The van der Waals surface area contributed by atoms with Crippen LogP contribution < -0.4 is 9.47 Å². The molecule has 6 heteroatoms. The van der Waals surface area contributed by atoms with E-state index in [1.54, 1.807) is 13.2 Å². The Hall–Kier alpha value is -0.750. The van der Waals surface area contributed by atoms with E-state index in [-0.39, 0.29) is 12.4 Å². The van der Waals surface area contributed by atoms with Gasteiger partial charge in [-0.05, 0) is 17.7 Å². The Morgan fingerprint density at radius 2 is 2.00 bits per heavy atom. The van der Waals surface area contributed by atoms with E-state index in [2.05, 4.69) is 15.9 Å². The van der Waals surface area contributed by atoms with Crippen molar-refractivity contribution in [2.24, 2.45) is 0 Å². The third kappa shape index (κ3) is 4.95. The average molecular weight is 323 g/mol. The number of hydrogen-bond acceptors (Lipinski definition) is 4. The van der Waals surface area contributed by atoms with Crippen molar-refractivity contribution in [1.29, 1.82) is 0 Å². The van der Waals surface area contributed by atoms with Crippen LogP contribution in [0.5, 0.6) is 11.5 Å². The molecular weight excluding hydrogens is 308 g/mol. The maximum atomic E-state index is 11.0. The van der Waals surface area contributed by atoms with Gasteiger partial charge in [0.05, 0.1) is 12.9 Å². The number of ether oxygens (including phenoxy) is 2. The Kier molecular flexibility index (Phi) is 5.27. The molecule has 0 fully saturated rings. The zero-order valence-corrected chi connectivity index (χ0v) is 12.2. The minimum atomic E-state index is -3.00. The summed E-state index contributed by atoms with van der Waals surface area (Å²) in [6.45, 7) is 0.126. The van der Waals surface area contributed by atoms with Gasteiger partial charge < -0.3 is 9.47 Å². The molecule has 0 saturated carbocycles. The highest BCUT2D eigenvalue weighted by molar-refractivity contribution is 9.08. The molecule has 0 aliphatic rings. The molecule has 0 saturated heterocycles. The second-order valence-corrected chi connectivity index (χ2v) is 6.42. The van der Waals surface area contributed by atoms with Crippen LogP contribution in [0.15, 0.2) is 18.2 Å². The molecule has 0 spiro atoms. The maximum Gasteiger partial charge on any atom is 0.161 e. The first-order chi connectivity index (χ1) is 7.96. The molecule has 0 aliphatic carbocycles. The van der Waals surface area contributed by atoms with Crippen molar-refractivity contribution in [2.45, 2.75) is 5.33 Å². The summed E-state index contributed by atoms with van der Waals surface area (Å²) in [5, 5.41) is 0.708. The summed E-state index contributed by atoms with van der Waals surface area (Å²) in [7, 11) is -1.46. The van der Waals surface area contributed by atoms with Gasteiger partial charge in [0.25, 0.3) is 0 Å². The van der Waals surface area contributed by atoms with Crippen LogP contribution >= 0.6 is 15.9 Å². The zero-order chi connectivity index (χ0) is 12.9. The molecule has 1 aromatic rings. The van der Waals surface area contributed by atoms with Gasteiger partial charge in [-0.2, -0.15) is 0 Å². The molecule has 0 aliphatic heterocycles. The fourth-order valence-corrected chi connectivity index (χ4v) is 1.95. The second kappa shape index (κ2) is 6.26. The van der Waals surface area contributed by atoms with E-state index in [1.165, 1.54) is 6.26 Å². The van der Waals surface area contributed by atoms with Crippen molar-refractivity contribution >= 4 is 25.8 Å². The normalized spacial score (nSPS) is 11.2. The average Bonchev–Trinajstić information content (AvgIpc) is 2.27. The highest BCUT2D eigenvalue weighted by Gasteiger charge is 2.07. The molecule has 1 aromatic carbocycles. The first-order valence-corrected chi connectivity index (χ1v) is 8.18. The number of sulfone groups is 1. The zero-order valence-electron chi connectivity index (χ0n) is 9.77. The van der Waals surface area contributed by atoms with Crippen LogP contribution in [0.4, 0.5) is 0 Å². The van der Waals surface area contributed by atoms with Gasteiger partial charge in [-0.3, -0.25) is 0 Å². The van der Waals surface area contributed by atoms with Gasteiger partial charge in [0.15, 0.2) is 21.3 Å². The summed E-state index contributed by atoms with van der Waals surface area (Å²) in [5.74, 6) is 1.16. The highest BCUT2D eigenvalue weighted by atomic mass is 79.9. The smallest absolute Gasteiger partial charge is 0.161 e. The first-order valence-electron chi connectivity index (χ1n) is 4.99. The third-order valence-corrected chi connectivity index (χ3v) is 3.65. The number of alkyl halides is 1. The molecular formula is C11H15BrO4S. The van der Waals surface area contributed by atoms with Gasteiger partial charge in [-0.1, -0.05) is 22.0 Å². The van der Waals surface area contributed by atoms with Gasteiger partial charge in [0.1, 0.15) is 6.61 Å². The molecule has 0 heterocycles. The number of hydrogen-bond donors (Lipinski definition) is 0. The summed E-state index contributed by atoms with van der Waals surface area (Å²) in [5.41, 5.74) is 1.04.